The molecule has 21 heavy (non-hydrogen) atoms. The number of carbonyl (C=O) groups is 1. The SMILES string of the molecule is Cc1ccc(C(=O)O)c(NCC2(O)CCC(C)(C)CC2)c1. The summed E-state index contributed by atoms with van der Waals surface area (Å²) in [5.74, 6) is -0.950. The second kappa shape index (κ2) is 5.68. The molecule has 0 atom stereocenters. The van der Waals surface area contributed by atoms with E-state index < -0.39 is 11.6 Å². The van der Waals surface area contributed by atoms with Crippen LogP contribution in [-0.4, -0.2) is 28.3 Å². The Morgan fingerprint density at radius 3 is 2.43 bits per heavy atom. The van der Waals surface area contributed by atoms with Crippen LogP contribution in [0.5, 0.6) is 0 Å². The second-order valence-corrected chi connectivity index (χ2v) is 7.10. The first-order valence-corrected chi connectivity index (χ1v) is 7.51. The monoisotopic (exact) mass is 291 g/mol. The fourth-order valence-corrected chi connectivity index (χ4v) is 2.82. The zero-order valence-electron chi connectivity index (χ0n) is 13.1. The number of aromatic carboxylic acids is 1. The number of aliphatic hydroxyl groups is 1. The van der Waals surface area contributed by atoms with Gasteiger partial charge in [0.25, 0.3) is 0 Å². The van der Waals surface area contributed by atoms with Gasteiger partial charge in [-0.05, 0) is 55.7 Å². The molecule has 0 saturated heterocycles. The number of carboxylic acid groups (broad SMARTS) is 1. The Hall–Kier alpha value is -1.55. The first kappa shape index (κ1) is 15.8. The molecule has 1 fully saturated rings. The molecular formula is C17H25NO3. The lowest BCUT2D eigenvalue weighted by Crippen LogP contribution is -2.42. The highest BCUT2D eigenvalue weighted by atomic mass is 16.4. The van der Waals surface area contributed by atoms with E-state index in [0.717, 1.165) is 31.2 Å². The summed E-state index contributed by atoms with van der Waals surface area (Å²) in [5, 5.41) is 23.0. The van der Waals surface area contributed by atoms with Crippen LogP contribution in [0.3, 0.4) is 0 Å². The van der Waals surface area contributed by atoms with E-state index in [1.54, 1.807) is 12.1 Å². The van der Waals surface area contributed by atoms with Crippen LogP contribution < -0.4 is 5.32 Å². The van der Waals surface area contributed by atoms with Crippen molar-refractivity contribution in [2.24, 2.45) is 5.41 Å². The molecule has 0 amide bonds. The number of hydrogen-bond donors (Lipinski definition) is 3. The molecule has 0 radical (unpaired) electrons. The van der Waals surface area contributed by atoms with E-state index in [0.29, 0.717) is 17.6 Å². The molecule has 116 valence electrons. The van der Waals surface area contributed by atoms with E-state index in [2.05, 4.69) is 19.2 Å². The Balaban J connectivity index is 2.06. The smallest absolute Gasteiger partial charge is 0.337 e. The Bertz CT molecular complexity index is 527. The zero-order chi connectivity index (χ0) is 15.7. The van der Waals surface area contributed by atoms with Gasteiger partial charge in [-0.15, -0.1) is 0 Å². The van der Waals surface area contributed by atoms with E-state index >= 15 is 0 Å². The molecule has 3 N–H and O–H groups in total. The quantitative estimate of drug-likeness (QED) is 0.795. The number of aryl methyl sites for hydroxylation is 1. The molecule has 0 aliphatic heterocycles. The van der Waals surface area contributed by atoms with Gasteiger partial charge in [-0.3, -0.25) is 0 Å². The molecule has 2 rings (SSSR count). The maximum Gasteiger partial charge on any atom is 0.337 e. The van der Waals surface area contributed by atoms with Gasteiger partial charge in [0.15, 0.2) is 0 Å². The van der Waals surface area contributed by atoms with Crippen molar-refractivity contribution < 1.29 is 15.0 Å². The third kappa shape index (κ3) is 3.97. The minimum atomic E-state index is -0.950. The predicted octanol–water partition coefficient (Wildman–Crippen LogP) is 3.44. The lowest BCUT2D eigenvalue weighted by Gasteiger charge is -2.40. The fraction of sp³-hybridized carbons (Fsp3) is 0.588. The molecule has 1 aliphatic rings. The van der Waals surface area contributed by atoms with Gasteiger partial charge in [0.1, 0.15) is 0 Å². The number of hydrogen-bond acceptors (Lipinski definition) is 3. The fourth-order valence-electron chi connectivity index (χ4n) is 2.82. The standard InChI is InChI=1S/C17H25NO3/c1-12-4-5-13(15(19)20)14(10-12)18-11-17(21)8-6-16(2,3)7-9-17/h4-5,10,18,21H,6-9,11H2,1-3H3,(H,19,20). The number of benzene rings is 1. The normalized spacial score (nSPS) is 20.0. The van der Waals surface area contributed by atoms with Crippen molar-refractivity contribution in [3.05, 3.63) is 29.3 Å². The summed E-state index contributed by atoms with van der Waals surface area (Å²) >= 11 is 0. The lowest BCUT2D eigenvalue weighted by molar-refractivity contribution is -0.0145. The van der Waals surface area contributed by atoms with Gasteiger partial charge in [0.05, 0.1) is 11.2 Å². The van der Waals surface area contributed by atoms with Crippen molar-refractivity contribution >= 4 is 11.7 Å². The summed E-state index contributed by atoms with van der Waals surface area (Å²) in [7, 11) is 0. The first-order valence-electron chi connectivity index (χ1n) is 7.51. The van der Waals surface area contributed by atoms with Crippen molar-refractivity contribution in [1.29, 1.82) is 0 Å². The second-order valence-electron chi connectivity index (χ2n) is 7.10. The van der Waals surface area contributed by atoms with Crippen molar-refractivity contribution in [3.63, 3.8) is 0 Å². The van der Waals surface area contributed by atoms with Crippen molar-refractivity contribution in [1.82, 2.24) is 0 Å². The molecule has 0 bridgehead atoms. The molecule has 4 heteroatoms. The molecule has 1 saturated carbocycles. The van der Waals surface area contributed by atoms with E-state index in [-0.39, 0.29) is 5.56 Å². The number of anilines is 1. The van der Waals surface area contributed by atoms with Gasteiger partial charge in [0, 0.05) is 12.2 Å². The van der Waals surface area contributed by atoms with Crippen LogP contribution in [-0.2, 0) is 0 Å². The number of carboxylic acids is 1. The molecule has 4 nitrogen and oxygen atoms in total. The van der Waals surface area contributed by atoms with Gasteiger partial charge in [0.2, 0.25) is 0 Å². The van der Waals surface area contributed by atoms with Crippen LogP contribution >= 0.6 is 0 Å². The molecule has 1 aromatic carbocycles. The van der Waals surface area contributed by atoms with Crippen LogP contribution in [0.2, 0.25) is 0 Å². The van der Waals surface area contributed by atoms with E-state index in [9.17, 15) is 15.0 Å². The average Bonchev–Trinajstić information content (AvgIpc) is 2.40. The summed E-state index contributed by atoms with van der Waals surface area (Å²) in [5.41, 5.74) is 1.39. The van der Waals surface area contributed by atoms with Gasteiger partial charge in [-0.1, -0.05) is 19.9 Å². The number of nitrogens with one attached hydrogen (secondary N) is 1. The van der Waals surface area contributed by atoms with E-state index in [1.165, 1.54) is 0 Å². The third-order valence-corrected chi connectivity index (χ3v) is 4.55. The maximum absolute atomic E-state index is 11.2. The lowest BCUT2D eigenvalue weighted by atomic mass is 9.71. The summed E-state index contributed by atoms with van der Waals surface area (Å²) in [6, 6.07) is 5.21. The predicted molar refractivity (Wildman–Crippen MR) is 83.8 cm³/mol. The van der Waals surface area contributed by atoms with Crippen LogP contribution in [0.15, 0.2) is 18.2 Å². The van der Waals surface area contributed by atoms with E-state index in [1.807, 2.05) is 13.0 Å². The molecule has 1 aromatic rings. The third-order valence-electron chi connectivity index (χ3n) is 4.55. The van der Waals surface area contributed by atoms with Crippen molar-refractivity contribution in [2.75, 3.05) is 11.9 Å². The minimum absolute atomic E-state index is 0.250. The first-order chi connectivity index (χ1) is 9.71. The Labute approximate surface area is 126 Å². The highest BCUT2D eigenvalue weighted by Gasteiger charge is 2.36. The van der Waals surface area contributed by atoms with Gasteiger partial charge in [-0.25, -0.2) is 4.79 Å². The largest absolute Gasteiger partial charge is 0.478 e. The average molecular weight is 291 g/mol. The summed E-state index contributed by atoms with van der Waals surface area (Å²) in [6.07, 6.45) is 3.48. The summed E-state index contributed by atoms with van der Waals surface area (Å²) in [6.45, 7) is 6.77. The van der Waals surface area contributed by atoms with Crippen molar-refractivity contribution in [3.8, 4) is 0 Å². The molecular weight excluding hydrogens is 266 g/mol. The van der Waals surface area contributed by atoms with Gasteiger partial charge < -0.3 is 15.5 Å². The molecule has 0 spiro atoms. The molecule has 0 aromatic heterocycles. The molecule has 1 aliphatic carbocycles. The summed E-state index contributed by atoms with van der Waals surface area (Å²) < 4.78 is 0. The number of rotatable bonds is 4. The zero-order valence-corrected chi connectivity index (χ0v) is 13.1. The Kier molecular flexibility index (Phi) is 4.28. The topological polar surface area (TPSA) is 69.6 Å². The maximum atomic E-state index is 11.2. The highest BCUT2D eigenvalue weighted by Crippen LogP contribution is 2.40. The van der Waals surface area contributed by atoms with Gasteiger partial charge in [-0.2, -0.15) is 0 Å². The highest BCUT2D eigenvalue weighted by molar-refractivity contribution is 5.94. The molecule has 0 heterocycles. The Morgan fingerprint density at radius 2 is 1.86 bits per heavy atom. The Morgan fingerprint density at radius 1 is 1.24 bits per heavy atom. The van der Waals surface area contributed by atoms with Gasteiger partial charge >= 0.3 is 5.97 Å². The molecule has 0 unspecified atom stereocenters. The minimum Gasteiger partial charge on any atom is -0.478 e. The van der Waals surface area contributed by atoms with Crippen LogP contribution in [0, 0.1) is 12.3 Å². The van der Waals surface area contributed by atoms with Crippen LogP contribution in [0.4, 0.5) is 5.69 Å². The van der Waals surface area contributed by atoms with Crippen LogP contribution in [0.25, 0.3) is 0 Å². The summed E-state index contributed by atoms with van der Waals surface area (Å²) in [4.78, 5) is 11.2. The van der Waals surface area contributed by atoms with Crippen molar-refractivity contribution in [2.45, 2.75) is 52.1 Å². The van der Waals surface area contributed by atoms with E-state index in [4.69, 9.17) is 0 Å². The van der Waals surface area contributed by atoms with Crippen LogP contribution in [0.1, 0.15) is 55.5 Å².